The van der Waals surface area contributed by atoms with Crippen molar-refractivity contribution in [1.82, 2.24) is 0 Å². The summed E-state index contributed by atoms with van der Waals surface area (Å²) in [6.45, 7) is 7.95. The molecule has 0 amide bonds. The predicted octanol–water partition coefficient (Wildman–Crippen LogP) is 3.19. The minimum Gasteiger partial charge on any atom is -0.481 e. The molecule has 0 aliphatic heterocycles. The summed E-state index contributed by atoms with van der Waals surface area (Å²) in [4.78, 5) is 22.0. The summed E-state index contributed by atoms with van der Waals surface area (Å²) < 4.78 is 0. The minimum atomic E-state index is -0.868. The molecule has 0 aromatic heterocycles. The Bertz CT molecular complexity index is 468. The van der Waals surface area contributed by atoms with Crippen LogP contribution in [0, 0.1) is 0 Å². The SMILES string of the molecule is CC(C)c1cc(CC(=O)O)c(C(C)C)cc1CC(=O)O. The van der Waals surface area contributed by atoms with E-state index in [9.17, 15) is 9.59 Å². The van der Waals surface area contributed by atoms with Crippen molar-refractivity contribution in [3.05, 3.63) is 34.4 Å². The average Bonchev–Trinajstić information content (AvgIpc) is 2.28. The first-order chi connectivity index (χ1) is 9.22. The van der Waals surface area contributed by atoms with Gasteiger partial charge in [-0.05, 0) is 34.1 Å². The fourth-order valence-corrected chi connectivity index (χ4v) is 2.43. The number of hydrogen-bond donors (Lipinski definition) is 2. The van der Waals surface area contributed by atoms with Gasteiger partial charge >= 0.3 is 11.9 Å². The van der Waals surface area contributed by atoms with Crippen molar-refractivity contribution < 1.29 is 19.8 Å². The number of hydrogen-bond acceptors (Lipinski definition) is 2. The van der Waals surface area contributed by atoms with Crippen molar-refractivity contribution >= 4 is 11.9 Å². The van der Waals surface area contributed by atoms with Gasteiger partial charge in [-0.1, -0.05) is 39.8 Å². The first kappa shape index (κ1) is 16.2. The summed E-state index contributed by atoms with van der Waals surface area (Å²) >= 11 is 0. The van der Waals surface area contributed by atoms with Gasteiger partial charge in [-0.15, -0.1) is 0 Å². The molecule has 4 nitrogen and oxygen atoms in total. The maximum atomic E-state index is 11.0. The Kier molecular flexibility index (Phi) is 5.31. The molecule has 0 aliphatic carbocycles. The fraction of sp³-hybridized carbons (Fsp3) is 0.500. The van der Waals surface area contributed by atoms with E-state index in [1.165, 1.54) is 0 Å². The van der Waals surface area contributed by atoms with Gasteiger partial charge in [0.05, 0.1) is 12.8 Å². The molecule has 0 radical (unpaired) electrons. The molecule has 0 aliphatic rings. The van der Waals surface area contributed by atoms with Crippen molar-refractivity contribution in [2.45, 2.75) is 52.4 Å². The van der Waals surface area contributed by atoms with Crippen LogP contribution in [0.15, 0.2) is 12.1 Å². The van der Waals surface area contributed by atoms with Crippen molar-refractivity contribution in [3.8, 4) is 0 Å². The van der Waals surface area contributed by atoms with Gasteiger partial charge in [-0.25, -0.2) is 0 Å². The normalized spacial score (nSPS) is 11.1. The molecule has 0 saturated carbocycles. The van der Waals surface area contributed by atoms with Crippen LogP contribution >= 0.6 is 0 Å². The van der Waals surface area contributed by atoms with Gasteiger partial charge in [0.1, 0.15) is 0 Å². The third-order valence-corrected chi connectivity index (χ3v) is 3.33. The van der Waals surface area contributed by atoms with Crippen LogP contribution in [0.4, 0.5) is 0 Å². The fourth-order valence-electron chi connectivity index (χ4n) is 2.43. The van der Waals surface area contributed by atoms with Crippen molar-refractivity contribution in [2.24, 2.45) is 0 Å². The lowest BCUT2D eigenvalue weighted by molar-refractivity contribution is -0.137. The Morgan fingerprint density at radius 2 is 1.15 bits per heavy atom. The van der Waals surface area contributed by atoms with Gasteiger partial charge in [0, 0.05) is 0 Å². The summed E-state index contributed by atoms with van der Waals surface area (Å²) in [5, 5.41) is 18.0. The van der Waals surface area contributed by atoms with Crippen LogP contribution in [0.2, 0.25) is 0 Å². The Morgan fingerprint density at radius 1 is 0.850 bits per heavy atom. The number of benzene rings is 1. The van der Waals surface area contributed by atoms with E-state index in [4.69, 9.17) is 10.2 Å². The lowest BCUT2D eigenvalue weighted by Gasteiger charge is -2.19. The first-order valence-electron chi connectivity index (χ1n) is 6.81. The second-order valence-electron chi connectivity index (χ2n) is 5.70. The van der Waals surface area contributed by atoms with E-state index in [-0.39, 0.29) is 24.7 Å². The molecule has 2 N–H and O–H groups in total. The summed E-state index contributed by atoms with van der Waals surface area (Å²) in [5.74, 6) is -1.41. The molecule has 0 unspecified atom stereocenters. The molecule has 110 valence electrons. The number of aliphatic carboxylic acids is 2. The first-order valence-corrected chi connectivity index (χ1v) is 6.81. The standard InChI is InChI=1S/C16H22O4/c1-9(2)13-5-12(8-16(19)20)14(10(3)4)6-11(13)7-15(17)18/h5-6,9-10H,7-8H2,1-4H3,(H,17,18)(H,19,20). The second kappa shape index (κ2) is 6.55. The van der Waals surface area contributed by atoms with Crippen LogP contribution < -0.4 is 0 Å². The van der Waals surface area contributed by atoms with E-state index in [1.807, 2.05) is 39.8 Å². The van der Waals surface area contributed by atoms with Gasteiger partial charge in [0.15, 0.2) is 0 Å². The Morgan fingerprint density at radius 3 is 1.35 bits per heavy atom. The quantitative estimate of drug-likeness (QED) is 0.838. The molecule has 0 bridgehead atoms. The van der Waals surface area contributed by atoms with Gasteiger partial charge in [-0.3, -0.25) is 9.59 Å². The van der Waals surface area contributed by atoms with Crippen molar-refractivity contribution in [3.63, 3.8) is 0 Å². The number of carboxylic acid groups (broad SMARTS) is 2. The van der Waals surface area contributed by atoms with Crippen LogP contribution in [0.1, 0.15) is 61.8 Å². The van der Waals surface area contributed by atoms with Gasteiger partial charge in [-0.2, -0.15) is 0 Å². The van der Waals surface area contributed by atoms with Gasteiger partial charge in [0.25, 0.3) is 0 Å². The largest absolute Gasteiger partial charge is 0.481 e. The number of rotatable bonds is 6. The smallest absolute Gasteiger partial charge is 0.307 e. The lowest BCUT2D eigenvalue weighted by atomic mass is 9.86. The van der Waals surface area contributed by atoms with Crippen LogP contribution in [-0.2, 0) is 22.4 Å². The maximum Gasteiger partial charge on any atom is 0.307 e. The van der Waals surface area contributed by atoms with E-state index >= 15 is 0 Å². The molecular weight excluding hydrogens is 256 g/mol. The summed E-state index contributed by atoms with van der Waals surface area (Å²) in [6, 6.07) is 3.73. The predicted molar refractivity (Wildman–Crippen MR) is 77.3 cm³/mol. The molecule has 1 rings (SSSR count). The molecule has 0 saturated heterocycles. The zero-order valence-electron chi connectivity index (χ0n) is 12.4. The molecule has 0 heterocycles. The molecule has 1 aromatic carbocycles. The highest BCUT2D eigenvalue weighted by molar-refractivity contribution is 5.73. The minimum absolute atomic E-state index is 0.0272. The van der Waals surface area contributed by atoms with Gasteiger partial charge in [0.2, 0.25) is 0 Å². The van der Waals surface area contributed by atoms with Crippen LogP contribution in [0.25, 0.3) is 0 Å². The Balaban J connectivity index is 3.41. The summed E-state index contributed by atoms with van der Waals surface area (Å²) in [5.41, 5.74) is 3.41. The molecule has 0 atom stereocenters. The third-order valence-electron chi connectivity index (χ3n) is 3.33. The topological polar surface area (TPSA) is 74.6 Å². The summed E-state index contributed by atoms with van der Waals surface area (Å²) in [7, 11) is 0. The Labute approximate surface area is 119 Å². The molecule has 1 aromatic rings. The average molecular weight is 278 g/mol. The number of carbonyl (C=O) groups is 2. The van der Waals surface area contributed by atoms with E-state index in [2.05, 4.69) is 0 Å². The van der Waals surface area contributed by atoms with E-state index in [0.29, 0.717) is 0 Å². The molecule has 0 spiro atoms. The van der Waals surface area contributed by atoms with Crippen molar-refractivity contribution in [2.75, 3.05) is 0 Å². The van der Waals surface area contributed by atoms with Crippen LogP contribution in [-0.4, -0.2) is 22.2 Å². The van der Waals surface area contributed by atoms with Crippen LogP contribution in [0.5, 0.6) is 0 Å². The van der Waals surface area contributed by atoms with Crippen LogP contribution in [0.3, 0.4) is 0 Å². The second-order valence-corrected chi connectivity index (χ2v) is 5.70. The van der Waals surface area contributed by atoms with Crippen molar-refractivity contribution in [1.29, 1.82) is 0 Å². The zero-order chi connectivity index (χ0) is 15.4. The third kappa shape index (κ3) is 4.08. The monoisotopic (exact) mass is 278 g/mol. The molecular formula is C16H22O4. The highest BCUT2D eigenvalue weighted by Gasteiger charge is 2.17. The summed E-state index contributed by atoms with van der Waals surface area (Å²) in [6.07, 6.45) is -0.0544. The van der Waals surface area contributed by atoms with Gasteiger partial charge < -0.3 is 10.2 Å². The highest BCUT2D eigenvalue weighted by Crippen LogP contribution is 2.29. The molecule has 4 heteroatoms. The van der Waals surface area contributed by atoms with E-state index in [1.54, 1.807) is 0 Å². The highest BCUT2D eigenvalue weighted by atomic mass is 16.4. The number of carboxylic acids is 2. The molecule has 0 fully saturated rings. The molecule has 20 heavy (non-hydrogen) atoms. The van der Waals surface area contributed by atoms with E-state index in [0.717, 1.165) is 22.3 Å². The van der Waals surface area contributed by atoms with E-state index < -0.39 is 11.9 Å². The zero-order valence-corrected chi connectivity index (χ0v) is 12.4. The maximum absolute atomic E-state index is 11.0. The lowest BCUT2D eigenvalue weighted by Crippen LogP contribution is -2.11. The Hall–Kier alpha value is -1.84.